The van der Waals surface area contributed by atoms with Crippen LogP contribution >= 0.6 is 11.8 Å². The van der Waals surface area contributed by atoms with Gasteiger partial charge in [0.2, 0.25) is 0 Å². The summed E-state index contributed by atoms with van der Waals surface area (Å²) in [5, 5.41) is 3.11. The Bertz CT molecular complexity index is 339. The topological polar surface area (TPSA) is 44.8 Å². The molecule has 0 radical (unpaired) electrons. The van der Waals surface area contributed by atoms with Gasteiger partial charge in [0, 0.05) is 38.0 Å². The lowest BCUT2D eigenvalue weighted by atomic mass is 10.2. The molecule has 2 atom stereocenters. The van der Waals surface area contributed by atoms with E-state index in [-0.39, 0.29) is 18.2 Å². The Morgan fingerprint density at radius 1 is 1.48 bits per heavy atom. The average Bonchev–Trinajstić information content (AvgIpc) is 3.22. The second kappa shape index (κ2) is 8.25. The maximum Gasteiger partial charge on any atom is 0.317 e. The van der Waals surface area contributed by atoms with Crippen LogP contribution in [0.5, 0.6) is 0 Å². The summed E-state index contributed by atoms with van der Waals surface area (Å²) in [5.41, 5.74) is 0. The molecule has 21 heavy (non-hydrogen) atoms. The van der Waals surface area contributed by atoms with Crippen LogP contribution < -0.4 is 5.32 Å². The number of hydrogen-bond acceptors (Lipinski definition) is 4. The van der Waals surface area contributed by atoms with Crippen LogP contribution in [-0.4, -0.2) is 79.8 Å². The highest BCUT2D eigenvalue weighted by atomic mass is 32.2. The predicted octanol–water partition coefficient (Wildman–Crippen LogP) is 1.49. The monoisotopic (exact) mass is 315 g/mol. The summed E-state index contributed by atoms with van der Waals surface area (Å²) in [7, 11) is 2.11. The molecule has 2 amide bonds. The number of nitrogens with zero attached hydrogens (tertiary/aromatic N) is 2. The molecule has 0 bridgehead atoms. The smallest absolute Gasteiger partial charge is 0.317 e. The van der Waals surface area contributed by atoms with Gasteiger partial charge in [0.15, 0.2) is 0 Å². The van der Waals surface area contributed by atoms with E-state index in [0.29, 0.717) is 12.5 Å². The van der Waals surface area contributed by atoms with Crippen LogP contribution in [0.2, 0.25) is 0 Å². The molecule has 0 aromatic rings. The summed E-state index contributed by atoms with van der Waals surface area (Å²) in [5.74, 6) is 1.65. The molecule has 2 aliphatic rings. The first-order valence-corrected chi connectivity index (χ1v) is 9.32. The molecule has 122 valence electrons. The second-order valence-corrected chi connectivity index (χ2v) is 7.32. The standard InChI is InChI=1S/C15H29N3O2S/c1-12(11-21-3)16-15(19)18(8-13-4-5-13)10-14-9-17(2)6-7-20-14/h12-14H,4-11H2,1-3H3,(H,16,19)/t12-,14-/m0/s1. The van der Waals surface area contributed by atoms with Gasteiger partial charge in [-0.3, -0.25) is 0 Å². The first-order valence-electron chi connectivity index (χ1n) is 7.93. The normalized spacial score (nSPS) is 24.6. The lowest BCUT2D eigenvalue weighted by Gasteiger charge is -2.34. The molecule has 2 rings (SSSR count). The van der Waals surface area contributed by atoms with Crippen LogP contribution in [-0.2, 0) is 4.74 Å². The van der Waals surface area contributed by atoms with E-state index in [1.807, 2.05) is 4.90 Å². The van der Waals surface area contributed by atoms with Gasteiger partial charge in [0.25, 0.3) is 0 Å². The summed E-state index contributed by atoms with van der Waals surface area (Å²) in [4.78, 5) is 16.7. The quantitative estimate of drug-likeness (QED) is 0.773. The first-order chi connectivity index (χ1) is 10.1. The molecule has 0 aromatic carbocycles. The van der Waals surface area contributed by atoms with Crippen molar-refractivity contribution in [2.45, 2.75) is 31.9 Å². The fraction of sp³-hybridized carbons (Fsp3) is 0.933. The van der Waals surface area contributed by atoms with Crippen molar-refractivity contribution < 1.29 is 9.53 Å². The molecule has 1 aliphatic heterocycles. The van der Waals surface area contributed by atoms with Gasteiger partial charge < -0.3 is 19.9 Å². The minimum atomic E-state index is 0.0697. The Balaban J connectivity index is 1.85. The average molecular weight is 315 g/mol. The molecule has 1 N–H and O–H groups in total. The highest BCUT2D eigenvalue weighted by Gasteiger charge is 2.30. The molecule has 1 aliphatic carbocycles. The summed E-state index contributed by atoms with van der Waals surface area (Å²) in [6.07, 6.45) is 4.73. The number of amides is 2. The molecular weight excluding hydrogens is 286 g/mol. The highest BCUT2D eigenvalue weighted by molar-refractivity contribution is 7.98. The van der Waals surface area contributed by atoms with Crippen molar-refractivity contribution in [2.75, 3.05) is 51.8 Å². The van der Waals surface area contributed by atoms with Crippen LogP contribution in [0.15, 0.2) is 0 Å². The Morgan fingerprint density at radius 2 is 2.24 bits per heavy atom. The van der Waals surface area contributed by atoms with Crippen molar-refractivity contribution in [3.63, 3.8) is 0 Å². The van der Waals surface area contributed by atoms with E-state index in [1.165, 1.54) is 12.8 Å². The Morgan fingerprint density at radius 3 is 2.86 bits per heavy atom. The predicted molar refractivity (Wildman–Crippen MR) is 87.9 cm³/mol. The van der Waals surface area contributed by atoms with Gasteiger partial charge in [-0.05, 0) is 39.0 Å². The van der Waals surface area contributed by atoms with E-state index in [2.05, 4.69) is 30.4 Å². The third-order valence-electron chi connectivity index (χ3n) is 4.02. The Kier molecular flexibility index (Phi) is 6.64. The number of hydrogen-bond donors (Lipinski definition) is 1. The number of carbonyl (C=O) groups is 1. The number of carbonyl (C=O) groups excluding carboxylic acids is 1. The highest BCUT2D eigenvalue weighted by Crippen LogP contribution is 2.30. The zero-order valence-corrected chi connectivity index (χ0v) is 14.3. The van der Waals surface area contributed by atoms with E-state index >= 15 is 0 Å². The zero-order valence-electron chi connectivity index (χ0n) is 13.5. The Labute approximate surface area is 132 Å². The van der Waals surface area contributed by atoms with Crippen molar-refractivity contribution in [1.82, 2.24) is 15.1 Å². The van der Waals surface area contributed by atoms with Crippen molar-refractivity contribution in [2.24, 2.45) is 5.92 Å². The lowest BCUT2D eigenvalue weighted by Crippen LogP contribution is -2.52. The van der Waals surface area contributed by atoms with E-state index in [1.54, 1.807) is 11.8 Å². The number of rotatable bonds is 7. The van der Waals surface area contributed by atoms with Crippen LogP contribution in [0, 0.1) is 5.92 Å². The van der Waals surface area contributed by atoms with E-state index in [4.69, 9.17) is 4.74 Å². The van der Waals surface area contributed by atoms with Gasteiger partial charge in [0.05, 0.1) is 12.7 Å². The van der Waals surface area contributed by atoms with Gasteiger partial charge in [-0.2, -0.15) is 11.8 Å². The molecular formula is C15H29N3O2S. The van der Waals surface area contributed by atoms with Crippen LogP contribution in [0.4, 0.5) is 4.79 Å². The number of nitrogens with one attached hydrogen (secondary N) is 1. The van der Waals surface area contributed by atoms with Crippen molar-refractivity contribution in [3.05, 3.63) is 0 Å². The van der Waals surface area contributed by atoms with E-state index in [0.717, 1.165) is 32.0 Å². The molecule has 0 unspecified atom stereocenters. The van der Waals surface area contributed by atoms with Crippen molar-refractivity contribution in [1.29, 1.82) is 0 Å². The van der Waals surface area contributed by atoms with Gasteiger partial charge in [-0.1, -0.05) is 0 Å². The molecule has 6 heteroatoms. The molecule has 1 saturated carbocycles. The number of urea groups is 1. The van der Waals surface area contributed by atoms with Gasteiger partial charge >= 0.3 is 6.03 Å². The first kappa shape index (κ1) is 16.9. The number of ether oxygens (including phenoxy) is 1. The van der Waals surface area contributed by atoms with Crippen LogP contribution in [0.25, 0.3) is 0 Å². The van der Waals surface area contributed by atoms with Crippen molar-refractivity contribution in [3.8, 4) is 0 Å². The number of morpholine rings is 1. The maximum absolute atomic E-state index is 12.5. The summed E-state index contributed by atoms with van der Waals surface area (Å²) < 4.78 is 5.82. The van der Waals surface area contributed by atoms with E-state index < -0.39 is 0 Å². The van der Waals surface area contributed by atoms with Crippen LogP contribution in [0.1, 0.15) is 19.8 Å². The SMILES string of the molecule is CSC[C@H](C)NC(=O)N(CC1CC1)C[C@@H]1CN(C)CCO1. The third-order valence-corrected chi connectivity index (χ3v) is 4.85. The van der Waals surface area contributed by atoms with Crippen LogP contribution in [0.3, 0.4) is 0 Å². The third kappa shape index (κ3) is 6.04. The Hall–Kier alpha value is -0.460. The zero-order chi connectivity index (χ0) is 15.2. The number of likely N-dealkylation sites (N-methyl/N-ethyl adjacent to an activating group) is 1. The molecule has 0 aromatic heterocycles. The second-order valence-electron chi connectivity index (χ2n) is 6.41. The maximum atomic E-state index is 12.5. The fourth-order valence-corrected chi connectivity index (χ4v) is 3.25. The number of thioether (sulfide) groups is 1. The largest absolute Gasteiger partial charge is 0.374 e. The molecule has 1 heterocycles. The molecule has 2 fully saturated rings. The minimum absolute atomic E-state index is 0.0697. The summed E-state index contributed by atoms with van der Waals surface area (Å²) in [6, 6.07) is 0.282. The summed E-state index contributed by atoms with van der Waals surface area (Å²) in [6.45, 7) is 6.31. The molecule has 5 nitrogen and oxygen atoms in total. The fourth-order valence-electron chi connectivity index (χ4n) is 2.67. The van der Waals surface area contributed by atoms with Crippen molar-refractivity contribution >= 4 is 17.8 Å². The molecule has 0 spiro atoms. The van der Waals surface area contributed by atoms with E-state index in [9.17, 15) is 4.79 Å². The summed E-state index contributed by atoms with van der Waals surface area (Å²) >= 11 is 1.76. The molecule has 1 saturated heterocycles. The van der Waals surface area contributed by atoms with Gasteiger partial charge in [-0.15, -0.1) is 0 Å². The van der Waals surface area contributed by atoms with Gasteiger partial charge in [0.1, 0.15) is 0 Å². The van der Waals surface area contributed by atoms with Gasteiger partial charge in [-0.25, -0.2) is 4.79 Å². The minimum Gasteiger partial charge on any atom is -0.374 e. The lowest BCUT2D eigenvalue weighted by molar-refractivity contribution is -0.0309.